The van der Waals surface area contributed by atoms with Gasteiger partial charge in [0.05, 0.1) is 6.04 Å². The van der Waals surface area contributed by atoms with Gasteiger partial charge < -0.3 is 54.9 Å². The molecule has 10 atom stereocenters. The second kappa shape index (κ2) is 11.9. The summed E-state index contributed by atoms with van der Waals surface area (Å²) in [5, 5.41) is 63.9. The zero-order valence-corrected chi connectivity index (χ0v) is 21.9. The number of ether oxygens (including phenoxy) is 4. The van der Waals surface area contributed by atoms with Crippen LogP contribution in [0.3, 0.4) is 0 Å². The molecule has 1 aliphatic carbocycles. The third-order valence-corrected chi connectivity index (χ3v) is 6.49. The molecule has 1 aromatic carbocycles. The Hall–Kier alpha value is -1.88. The van der Waals surface area contributed by atoms with Crippen LogP contribution in [0.1, 0.15) is 19.4 Å². The molecule has 1 aromatic rings. The van der Waals surface area contributed by atoms with Gasteiger partial charge in [-0.25, -0.2) is 0 Å². The van der Waals surface area contributed by atoms with E-state index in [-0.39, 0.29) is 46.2 Å². The number of nitrogens with one attached hydrogen (secondary N) is 1. The quantitative estimate of drug-likeness (QED) is 0.121. The minimum Gasteiger partial charge on any atom is -0.504 e. The third kappa shape index (κ3) is 5.92. The van der Waals surface area contributed by atoms with E-state index in [2.05, 4.69) is 5.32 Å². The van der Waals surface area contributed by atoms with Gasteiger partial charge in [0.25, 0.3) is 0 Å². The fourth-order valence-electron chi connectivity index (χ4n) is 4.46. The number of phenols is 1. The summed E-state index contributed by atoms with van der Waals surface area (Å²) in [4.78, 5) is 24.2. The van der Waals surface area contributed by atoms with Gasteiger partial charge in [-0.15, -0.1) is 0 Å². The molecule has 1 saturated carbocycles. The Balaban J connectivity index is 0.00000380. The van der Waals surface area contributed by atoms with Gasteiger partial charge in [-0.1, -0.05) is 6.07 Å². The van der Waals surface area contributed by atoms with E-state index < -0.39 is 72.9 Å². The number of phenolic OH excluding ortho intramolecular Hbond substituents is 1. The first-order valence-electron chi connectivity index (χ1n) is 11.3. The number of aliphatic hydroxyl groups excluding tert-OH is 5. The number of fused-ring (bicyclic) bond motifs is 1. The van der Waals surface area contributed by atoms with Crippen LogP contribution in [0, 0.1) is 0 Å². The van der Waals surface area contributed by atoms with Crippen LogP contribution in [0.4, 0.5) is 0 Å². The zero-order chi connectivity index (χ0) is 26.3. The van der Waals surface area contributed by atoms with Crippen molar-refractivity contribution in [1.82, 2.24) is 5.32 Å². The molecule has 14 heteroatoms. The summed E-state index contributed by atoms with van der Waals surface area (Å²) in [6.45, 7) is 2.52. The Morgan fingerprint density at radius 1 is 0.973 bits per heavy atom. The number of aromatic hydroxyl groups is 1. The molecule has 2 saturated heterocycles. The molecule has 3 fully saturated rings. The molecule has 7 N–H and O–H groups in total. The molecule has 0 bridgehead atoms. The van der Waals surface area contributed by atoms with Gasteiger partial charge in [-0.3, -0.25) is 9.59 Å². The van der Waals surface area contributed by atoms with Gasteiger partial charge in [-0.2, -0.15) is 0 Å². The average molecular weight is 708 g/mol. The van der Waals surface area contributed by atoms with Gasteiger partial charge in [-0.05, 0) is 37.6 Å². The molecule has 1 radical (unpaired) electrons. The zero-order valence-electron chi connectivity index (χ0n) is 19.7. The van der Waals surface area contributed by atoms with Crippen molar-refractivity contribution in [3.8, 4) is 11.5 Å². The van der Waals surface area contributed by atoms with Crippen LogP contribution in [-0.4, -0.2) is 110 Å². The van der Waals surface area contributed by atoms with Crippen LogP contribution < -0.4 is 10.1 Å². The summed E-state index contributed by atoms with van der Waals surface area (Å²) in [5.74, 6) is -1.59. The van der Waals surface area contributed by atoms with E-state index >= 15 is 0 Å². The predicted molar refractivity (Wildman–Crippen MR) is 118 cm³/mol. The summed E-state index contributed by atoms with van der Waals surface area (Å²) in [7, 11) is 0. The monoisotopic (exact) mass is 708 g/mol. The number of ketones is 1. The smallest absolute Gasteiger partial charge is 0.247 e. The molecule has 4 rings (SSSR count). The van der Waals surface area contributed by atoms with Gasteiger partial charge >= 0.3 is 0 Å². The second-order valence-electron chi connectivity index (χ2n) is 9.04. The minimum absolute atomic E-state index is 0. The van der Waals surface area contributed by atoms with Crippen molar-refractivity contribution in [2.75, 3.05) is 6.79 Å². The normalized spacial score (nSPS) is 37.4. The summed E-state index contributed by atoms with van der Waals surface area (Å²) in [5.41, 5.74) is 0.545. The van der Waals surface area contributed by atoms with E-state index in [4.69, 9.17) is 18.9 Å². The molecular weight excluding hydrogens is 679 g/mol. The minimum atomic E-state index is -1.51. The molecule has 37 heavy (non-hydrogen) atoms. The van der Waals surface area contributed by atoms with E-state index in [0.717, 1.165) is 0 Å². The number of carbonyl (C=O) groups is 2. The maximum atomic E-state index is 12.7. The molecular formula is C23H29AuNO12. The molecule has 209 valence electrons. The van der Waals surface area contributed by atoms with Crippen molar-refractivity contribution in [1.29, 1.82) is 0 Å². The SMILES string of the molecule is CC(=O)[C@H]1O[C@@H](Oc2ccc(/C=C(\C)C(=O)N[C@H]3[C@@H](O)[C@H](O)[C@@H]4OCO[C@@H]4[C@H]3O)cc2O)[C@@H](O)[C@@H]1O.[Au]. The summed E-state index contributed by atoms with van der Waals surface area (Å²) < 4.78 is 21.1. The van der Waals surface area contributed by atoms with Crippen LogP contribution >= 0.6 is 0 Å². The van der Waals surface area contributed by atoms with Crippen molar-refractivity contribution in [3.63, 3.8) is 0 Å². The van der Waals surface area contributed by atoms with Gasteiger partial charge in [0.15, 0.2) is 17.3 Å². The molecule has 0 spiro atoms. The number of Topliss-reactive ketones (excluding diaryl/α,β-unsaturated/α-hetero) is 1. The van der Waals surface area contributed by atoms with Crippen molar-refractivity contribution in [3.05, 3.63) is 29.3 Å². The summed E-state index contributed by atoms with van der Waals surface area (Å²) >= 11 is 0. The van der Waals surface area contributed by atoms with Gasteiger partial charge in [0, 0.05) is 28.0 Å². The number of hydrogen-bond donors (Lipinski definition) is 7. The fraction of sp³-hybridized carbons (Fsp3) is 0.565. The molecule has 2 aliphatic heterocycles. The van der Waals surface area contributed by atoms with Gasteiger partial charge in [0.2, 0.25) is 12.2 Å². The van der Waals surface area contributed by atoms with Crippen molar-refractivity contribution in [2.24, 2.45) is 0 Å². The topological polar surface area (TPSA) is 204 Å². The first kappa shape index (κ1) is 29.7. The van der Waals surface area contributed by atoms with E-state index in [1.807, 2.05) is 0 Å². The second-order valence-corrected chi connectivity index (χ2v) is 9.04. The average Bonchev–Trinajstić information content (AvgIpc) is 3.43. The Bertz CT molecular complexity index is 1040. The van der Waals surface area contributed by atoms with Crippen LogP contribution in [-0.2, 0) is 46.2 Å². The fourth-order valence-corrected chi connectivity index (χ4v) is 4.46. The summed E-state index contributed by atoms with van der Waals surface area (Å²) in [6.07, 6.45) is -10.2. The van der Waals surface area contributed by atoms with Gasteiger partial charge in [0.1, 0.15) is 55.6 Å². The van der Waals surface area contributed by atoms with E-state index in [0.29, 0.717) is 5.56 Å². The predicted octanol–water partition coefficient (Wildman–Crippen LogP) is -2.47. The van der Waals surface area contributed by atoms with Crippen LogP contribution in [0.2, 0.25) is 0 Å². The molecule has 1 amide bonds. The number of benzene rings is 1. The standard InChI is InChI=1S/C23H29NO12.Au/c1-8(22(32)24-13-14(27)16(29)21-20(15(13)28)33-7-34-21)5-10-3-4-12(11(26)6-10)35-23-18(31)17(30)19(36-23)9(2)25;/h3-6,13-21,23,26-31H,7H2,1-2H3,(H,24,32);/b8-5+;/t13-,14+,15-,16-,17-,18-,19+,20+,21-,23+;/m0./s1. The molecule has 0 unspecified atom stereocenters. The Labute approximate surface area is 227 Å². The Kier molecular flexibility index (Phi) is 9.53. The third-order valence-electron chi connectivity index (χ3n) is 6.49. The Morgan fingerprint density at radius 3 is 2.22 bits per heavy atom. The van der Waals surface area contributed by atoms with Crippen molar-refractivity contribution in [2.45, 2.75) is 75.0 Å². The van der Waals surface area contributed by atoms with E-state index in [1.54, 1.807) is 0 Å². The first-order chi connectivity index (χ1) is 17.0. The molecule has 0 aromatic heterocycles. The maximum absolute atomic E-state index is 12.7. The Morgan fingerprint density at radius 2 is 1.62 bits per heavy atom. The first-order valence-corrected chi connectivity index (χ1v) is 11.3. The van der Waals surface area contributed by atoms with E-state index in [1.165, 1.54) is 38.1 Å². The molecule has 13 nitrogen and oxygen atoms in total. The molecule has 3 aliphatic rings. The number of aliphatic hydroxyl groups is 5. The van der Waals surface area contributed by atoms with Crippen LogP contribution in [0.5, 0.6) is 11.5 Å². The van der Waals surface area contributed by atoms with Crippen LogP contribution in [0.25, 0.3) is 6.08 Å². The molecule has 2 heterocycles. The number of rotatable bonds is 6. The van der Waals surface area contributed by atoms with Crippen LogP contribution in [0.15, 0.2) is 23.8 Å². The number of amides is 1. The number of carbonyl (C=O) groups excluding carboxylic acids is 2. The van der Waals surface area contributed by atoms with Crippen molar-refractivity contribution >= 4 is 17.8 Å². The summed E-state index contributed by atoms with van der Waals surface area (Å²) in [6, 6.07) is 2.90. The maximum Gasteiger partial charge on any atom is 0.247 e. The number of hydrogen-bond acceptors (Lipinski definition) is 12. The largest absolute Gasteiger partial charge is 0.504 e. The van der Waals surface area contributed by atoms with Crippen molar-refractivity contribution < 1.29 is 81.6 Å². The van der Waals surface area contributed by atoms with E-state index in [9.17, 15) is 40.2 Å².